The average Bonchev–Trinajstić information content (AvgIpc) is 3.25. The van der Waals surface area contributed by atoms with Gasteiger partial charge in [0.15, 0.2) is 6.29 Å². The highest BCUT2D eigenvalue weighted by molar-refractivity contribution is 5.27. The molecule has 1 atom stereocenters. The van der Waals surface area contributed by atoms with Gasteiger partial charge in [-0.2, -0.15) is 0 Å². The second kappa shape index (κ2) is 43.6. The predicted molar refractivity (Wildman–Crippen MR) is 222 cm³/mol. The van der Waals surface area contributed by atoms with Gasteiger partial charge in [0.1, 0.15) is 12.4 Å². The van der Waals surface area contributed by atoms with E-state index >= 15 is 0 Å². The SMILES string of the molecule is CCCCCCCCCc1ccc(OCCOCCOCCOCCOCCOCCOCCOCCOCCOCCOCCOCCOC2CCCCO2)cc1. The van der Waals surface area contributed by atoms with Crippen molar-refractivity contribution in [3.05, 3.63) is 29.8 Å². The number of benzene rings is 1. The molecule has 0 amide bonds. The first kappa shape index (κ1) is 52.6. The molecule has 2 rings (SSSR count). The van der Waals surface area contributed by atoms with Crippen molar-refractivity contribution in [2.24, 2.45) is 0 Å². The van der Waals surface area contributed by atoms with Gasteiger partial charge in [0.2, 0.25) is 0 Å². The third-order valence-corrected chi connectivity index (χ3v) is 8.88. The zero-order valence-corrected chi connectivity index (χ0v) is 36.1. The molecule has 1 saturated heterocycles. The number of unbranched alkanes of at least 4 members (excludes halogenated alkanes) is 6. The average molecular weight is 833 g/mol. The second-order valence-electron chi connectivity index (χ2n) is 13.8. The lowest BCUT2D eigenvalue weighted by molar-refractivity contribution is -0.169. The van der Waals surface area contributed by atoms with E-state index in [1.807, 2.05) is 0 Å². The molecule has 340 valence electrons. The fraction of sp³-hybridized carbons (Fsp3) is 0.864. The van der Waals surface area contributed by atoms with Crippen LogP contribution in [-0.2, 0) is 68.0 Å². The molecule has 0 spiro atoms. The Morgan fingerprint density at radius 3 is 1.16 bits per heavy atom. The minimum atomic E-state index is -0.0675. The standard InChI is InChI=1S/C44H80O14/c1-2-3-4-5-6-7-8-11-42-13-15-43(16-14-42)56-40-38-54-36-34-52-32-30-50-28-26-48-24-22-46-20-18-45-19-21-47-23-25-49-27-29-51-31-33-53-35-37-55-39-41-58-44-12-9-10-17-57-44/h13-16,44H,2-12,17-41H2,1H3. The Morgan fingerprint density at radius 1 is 0.414 bits per heavy atom. The summed E-state index contributed by atoms with van der Waals surface area (Å²) in [5.41, 5.74) is 1.38. The Morgan fingerprint density at radius 2 is 0.776 bits per heavy atom. The van der Waals surface area contributed by atoms with Crippen molar-refractivity contribution in [1.82, 2.24) is 0 Å². The van der Waals surface area contributed by atoms with Gasteiger partial charge in [0.25, 0.3) is 0 Å². The summed E-state index contributed by atoms with van der Waals surface area (Å²) in [6.45, 7) is 15.5. The second-order valence-corrected chi connectivity index (χ2v) is 13.8. The van der Waals surface area contributed by atoms with E-state index in [1.54, 1.807) is 0 Å². The number of ether oxygens (including phenoxy) is 14. The van der Waals surface area contributed by atoms with Crippen LogP contribution in [-0.4, -0.2) is 171 Å². The van der Waals surface area contributed by atoms with Crippen molar-refractivity contribution in [2.75, 3.05) is 165 Å². The van der Waals surface area contributed by atoms with Gasteiger partial charge in [-0.3, -0.25) is 0 Å². The Hall–Kier alpha value is -1.50. The van der Waals surface area contributed by atoms with E-state index in [4.69, 9.17) is 66.3 Å². The zero-order valence-electron chi connectivity index (χ0n) is 36.1. The van der Waals surface area contributed by atoms with Gasteiger partial charge in [-0.15, -0.1) is 0 Å². The molecular weight excluding hydrogens is 752 g/mol. The topological polar surface area (TPSA) is 129 Å². The van der Waals surface area contributed by atoms with Crippen LogP contribution in [0.25, 0.3) is 0 Å². The van der Waals surface area contributed by atoms with Gasteiger partial charge in [0.05, 0.1) is 152 Å². The normalized spacial score (nSPS) is 14.4. The van der Waals surface area contributed by atoms with Gasteiger partial charge in [-0.05, 0) is 49.8 Å². The largest absolute Gasteiger partial charge is 0.491 e. The van der Waals surface area contributed by atoms with E-state index in [1.165, 1.54) is 50.5 Å². The summed E-state index contributed by atoms with van der Waals surface area (Å²) >= 11 is 0. The van der Waals surface area contributed by atoms with E-state index in [0.29, 0.717) is 159 Å². The Balaban J connectivity index is 1.15. The summed E-state index contributed by atoms with van der Waals surface area (Å²) in [6.07, 6.45) is 13.7. The number of hydrogen-bond acceptors (Lipinski definition) is 14. The maximum absolute atomic E-state index is 5.79. The maximum atomic E-state index is 5.79. The lowest BCUT2D eigenvalue weighted by Crippen LogP contribution is -2.24. The predicted octanol–water partition coefficient (Wildman–Crippen LogP) is 6.08. The first-order valence-electron chi connectivity index (χ1n) is 22.2. The van der Waals surface area contributed by atoms with Crippen molar-refractivity contribution < 1.29 is 66.3 Å². The fourth-order valence-corrected chi connectivity index (χ4v) is 5.64. The van der Waals surface area contributed by atoms with Crippen molar-refractivity contribution in [2.45, 2.75) is 83.8 Å². The van der Waals surface area contributed by atoms with Gasteiger partial charge in [0, 0.05) is 6.61 Å². The molecule has 1 aliphatic rings. The van der Waals surface area contributed by atoms with Crippen LogP contribution in [0.1, 0.15) is 76.7 Å². The molecule has 1 aromatic rings. The van der Waals surface area contributed by atoms with Crippen LogP contribution in [0.3, 0.4) is 0 Å². The molecular formula is C44H80O14. The molecule has 58 heavy (non-hydrogen) atoms. The summed E-state index contributed by atoms with van der Waals surface area (Å²) < 4.78 is 77.7. The quantitative estimate of drug-likeness (QED) is 0.0704. The molecule has 1 fully saturated rings. The monoisotopic (exact) mass is 833 g/mol. The van der Waals surface area contributed by atoms with Gasteiger partial charge >= 0.3 is 0 Å². The molecule has 0 saturated carbocycles. The lowest BCUT2D eigenvalue weighted by Gasteiger charge is -2.22. The molecule has 1 aliphatic heterocycles. The number of hydrogen-bond donors (Lipinski definition) is 0. The molecule has 1 heterocycles. The van der Waals surface area contributed by atoms with Crippen molar-refractivity contribution in [1.29, 1.82) is 0 Å². The zero-order chi connectivity index (χ0) is 40.9. The summed E-state index contributed by atoms with van der Waals surface area (Å²) in [5, 5.41) is 0. The van der Waals surface area contributed by atoms with E-state index in [9.17, 15) is 0 Å². The lowest BCUT2D eigenvalue weighted by atomic mass is 10.0. The minimum Gasteiger partial charge on any atom is -0.491 e. The molecule has 0 aromatic heterocycles. The third-order valence-electron chi connectivity index (χ3n) is 8.88. The third kappa shape index (κ3) is 36.4. The van der Waals surface area contributed by atoms with Gasteiger partial charge in [-0.25, -0.2) is 0 Å². The van der Waals surface area contributed by atoms with Crippen molar-refractivity contribution in [3.63, 3.8) is 0 Å². The maximum Gasteiger partial charge on any atom is 0.157 e. The van der Waals surface area contributed by atoms with E-state index in [-0.39, 0.29) is 6.29 Å². The van der Waals surface area contributed by atoms with E-state index in [2.05, 4.69) is 31.2 Å². The number of aryl methyl sites for hydroxylation is 1. The fourth-order valence-electron chi connectivity index (χ4n) is 5.64. The molecule has 1 aromatic carbocycles. The van der Waals surface area contributed by atoms with Crippen LogP contribution in [0, 0.1) is 0 Å². The first-order valence-corrected chi connectivity index (χ1v) is 22.2. The highest BCUT2D eigenvalue weighted by Gasteiger charge is 2.13. The molecule has 14 nitrogen and oxygen atoms in total. The molecule has 0 aliphatic carbocycles. The van der Waals surface area contributed by atoms with Crippen molar-refractivity contribution >= 4 is 0 Å². The smallest absolute Gasteiger partial charge is 0.157 e. The molecule has 1 unspecified atom stereocenters. The van der Waals surface area contributed by atoms with Crippen LogP contribution >= 0.6 is 0 Å². The van der Waals surface area contributed by atoms with Crippen LogP contribution in [0.15, 0.2) is 24.3 Å². The van der Waals surface area contributed by atoms with E-state index in [0.717, 1.165) is 38.0 Å². The van der Waals surface area contributed by atoms with Crippen molar-refractivity contribution in [3.8, 4) is 5.75 Å². The van der Waals surface area contributed by atoms with Crippen LogP contribution in [0.2, 0.25) is 0 Å². The van der Waals surface area contributed by atoms with Gasteiger partial charge < -0.3 is 66.3 Å². The molecule has 0 bridgehead atoms. The molecule has 0 radical (unpaired) electrons. The Labute approximate surface area is 350 Å². The Bertz CT molecular complexity index is 937. The Kier molecular flexibility index (Phi) is 39.6. The highest BCUT2D eigenvalue weighted by atomic mass is 16.7. The molecule has 14 heteroatoms. The van der Waals surface area contributed by atoms with E-state index < -0.39 is 0 Å². The minimum absolute atomic E-state index is 0.0675. The highest BCUT2D eigenvalue weighted by Crippen LogP contribution is 2.16. The van der Waals surface area contributed by atoms with Crippen LogP contribution in [0.4, 0.5) is 0 Å². The summed E-state index contributed by atoms with van der Waals surface area (Å²) in [5.74, 6) is 0.886. The summed E-state index contributed by atoms with van der Waals surface area (Å²) in [4.78, 5) is 0. The van der Waals surface area contributed by atoms with Gasteiger partial charge in [-0.1, -0.05) is 57.6 Å². The summed E-state index contributed by atoms with van der Waals surface area (Å²) in [7, 11) is 0. The van der Waals surface area contributed by atoms with Crippen LogP contribution in [0.5, 0.6) is 5.75 Å². The molecule has 0 N–H and O–H groups in total. The number of rotatable bonds is 46. The first-order chi connectivity index (χ1) is 28.9. The summed E-state index contributed by atoms with van der Waals surface area (Å²) in [6, 6.07) is 8.46. The van der Waals surface area contributed by atoms with Crippen LogP contribution < -0.4 is 4.74 Å².